The molecule has 2 aromatic carbocycles. The first-order valence-electron chi connectivity index (χ1n) is 8.34. The predicted octanol–water partition coefficient (Wildman–Crippen LogP) is 4.26. The van der Waals surface area contributed by atoms with E-state index in [1.165, 1.54) is 23.9 Å². The van der Waals surface area contributed by atoms with Gasteiger partial charge in [-0.3, -0.25) is 14.9 Å². The molecule has 3 rings (SSSR count). The van der Waals surface area contributed by atoms with Crippen LogP contribution in [0, 0.1) is 10.1 Å². The number of para-hydroxylation sites is 2. The lowest BCUT2D eigenvalue weighted by Crippen LogP contribution is -2.15. The van der Waals surface area contributed by atoms with E-state index in [2.05, 4.69) is 15.5 Å². The molecule has 1 heterocycles. The molecule has 144 valence electrons. The number of nitrogens with one attached hydrogen (secondary N) is 1. The Morgan fingerprint density at radius 3 is 2.61 bits per heavy atom. The number of halogens is 1. The van der Waals surface area contributed by atoms with Crippen LogP contribution in [0.15, 0.2) is 53.7 Å². The van der Waals surface area contributed by atoms with Crippen molar-refractivity contribution in [1.29, 1.82) is 0 Å². The largest absolute Gasteiger partial charge is 0.320 e. The predicted molar refractivity (Wildman–Crippen MR) is 109 cm³/mol. The Morgan fingerprint density at radius 2 is 1.93 bits per heavy atom. The van der Waals surface area contributed by atoms with Crippen molar-refractivity contribution in [3.63, 3.8) is 0 Å². The molecule has 0 aliphatic heterocycles. The monoisotopic (exact) mass is 417 g/mol. The number of amides is 1. The molecular weight excluding hydrogens is 402 g/mol. The van der Waals surface area contributed by atoms with Crippen LogP contribution < -0.4 is 5.32 Å². The lowest BCUT2D eigenvalue weighted by molar-refractivity contribution is -0.383. The van der Waals surface area contributed by atoms with E-state index in [1.807, 2.05) is 23.6 Å². The summed E-state index contributed by atoms with van der Waals surface area (Å²) in [5.74, 6) is 0.365. The molecule has 1 N–H and O–H groups in total. The number of benzene rings is 2. The van der Waals surface area contributed by atoms with Gasteiger partial charge in [0.2, 0.25) is 5.91 Å². The van der Waals surface area contributed by atoms with E-state index in [0.717, 1.165) is 5.56 Å². The van der Waals surface area contributed by atoms with Gasteiger partial charge in [0.05, 0.1) is 10.7 Å². The van der Waals surface area contributed by atoms with Gasteiger partial charge in [-0.05, 0) is 37.3 Å². The van der Waals surface area contributed by atoms with Gasteiger partial charge in [-0.1, -0.05) is 35.5 Å². The lowest BCUT2D eigenvalue weighted by atomic mass is 10.2. The van der Waals surface area contributed by atoms with Crippen molar-refractivity contribution >= 4 is 40.6 Å². The van der Waals surface area contributed by atoms with Gasteiger partial charge in [0, 0.05) is 23.2 Å². The summed E-state index contributed by atoms with van der Waals surface area (Å²) >= 11 is 7.14. The van der Waals surface area contributed by atoms with Crippen LogP contribution in [-0.2, 0) is 11.3 Å². The van der Waals surface area contributed by atoms with Crippen molar-refractivity contribution in [2.75, 3.05) is 11.1 Å². The number of carbonyl (C=O) groups excluding carboxylic acids is 1. The maximum Gasteiger partial charge on any atom is 0.292 e. The molecule has 0 fully saturated rings. The van der Waals surface area contributed by atoms with Crippen LogP contribution in [0.3, 0.4) is 0 Å². The van der Waals surface area contributed by atoms with Crippen LogP contribution in [0.1, 0.15) is 6.92 Å². The highest BCUT2D eigenvalue weighted by atomic mass is 35.5. The number of aromatic nitrogens is 3. The van der Waals surface area contributed by atoms with Crippen LogP contribution in [0.4, 0.5) is 11.4 Å². The van der Waals surface area contributed by atoms with E-state index in [-0.39, 0.29) is 23.0 Å². The summed E-state index contributed by atoms with van der Waals surface area (Å²) in [4.78, 5) is 22.8. The number of anilines is 1. The van der Waals surface area contributed by atoms with Gasteiger partial charge in [0.1, 0.15) is 5.69 Å². The normalized spacial score (nSPS) is 10.6. The molecule has 0 radical (unpaired) electrons. The van der Waals surface area contributed by atoms with Gasteiger partial charge in [-0.15, -0.1) is 10.2 Å². The highest BCUT2D eigenvalue weighted by Crippen LogP contribution is 2.26. The Labute approximate surface area is 170 Å². The number of carbonyl (C=O) groups is 1. The highest BCUT2D eigenvalue weighted by molar-refractivity contribution is 7.99. The Kier molecular flexibility index (Phi) is 6.27. The van der Waals surface area contributed by atoms with E-state index in [0.29, 0.717) is 22.5 Å². The van der Waals surface area contributed by atoms with Crippen molar-refractivity contribution in [3.05, 3.63) is 63.7 Å². The summed E-state index contributed by atoms with van der Waals surface area (Å²) in [6.07, 6.45) is 0. The summed E-state index contributed by atoms with van der Waals surface area (Å²) in [5.41, 5.74) is 0.884. The van der Waals surface area contributed by atoms with Crippen LogP contribution in [-0.4, -0.2) is 31.3 Å². The molecule has 3 aromatic rings. The third kappa shape index (κ3) is 4.49. The molecule has 1 aromatic heterocycles. The molecule has 10 heteroatoms. The Hall–Kier alpha value is -2.91. The average Bonchev–Trinajstić information content (AvgIpc) is 3.10. The topological polar surface area (TPSA) is 103 Å². The van der Waals surface area contributed by atoms with Gasteiger partial charge in [0.25, 0.3) is 5.69 Å². The van der Waals surface area contributed by atoms with Gasteiger partial charge in [0.15, 0.2) is 11.0 Å². The molecule has 1 amide bonds. The first-order chi connectivity index (χ1) is 13.5. The number of nitro groups is 1. The van der Waals surface area contributed by atoms with E-state index >= 15 is 0 Å². The summed E-state index contributed by atoms with van der Waals surface area (Å²) in [5, 5.41) is 23.2. The number of thioether (sulfide) groups is 1. The molecule has 0 atom stereocenters. The fraction of sp³-hybridized carbons (Fsp3) is 0.167. The Bertz CT molecular complexity index is 1010. The van der Waals surface area contributed by atoms with E-state index in [4.69, 9.17) is 11.6 Å². The van der Waals surface area contributed by atoms with Crippen molar-refractivity contribution in [1.82, 2.24) is 14.8 Å². The number of rotatable bonds is 7. The second-order valence-electron chi connectivity index (χ2n) is 5.67. The van der Waals surface area contributed by atoms with E-state index < -0.39 is 4.92 Å². The summed E-state index contributed by atoms with van der Waals surface area (Å²) in [7, 11) is 0. The Balaban J connectivity index is 1.70. The van der Waals surface area contributed by atoms with Gasteiger partial charge in [-0.25, -0.2) is 0 Å². The SMILES string of the molecule is CCn1c(SCC(=O)Nc2ccccc2[N+](=O)[O-])nnc1-c1ccc(Cl)cc1. The standard InChI is InChI=1S/C18H16ClN5O3S/c1-2-23-17(12-7-9-13(19)10-8-12)21-22-18(23)28-11-16(25)20-14-5-3-4-6-15(14)24(26)27/h3-10H,2,11H2,1H3,(H,20,25). The van der Waals surface area contributed by atoms with Crippen molar-refractivity contribution in [3.8, 4) is 11.4 Å². The molecule has 0 saturated carbocycles. The Morgan fingerprint density at radius 1 is 1.21 bits per heavy atom. The molecule has 0 unspecified atom stereocenters. The zero-order valence-corrected chi connectivity index (χ0v) is 16.4. The van der Waals surface area contributed by atoms with Crippen LogP contribution in [0.25, 0.3) is 11.4 Å². The second-order valence-corrected chi connectivity index (χ2v) is 7.05. The first-order valence-corrected chi connectivity index (χ1v) is 9.71. The summed E-state index contributed by atoms with van der Waals surface area (Å²) < 4.78 is 1.89. The number of nitrogens with zero attached hydrogens (tertiary/aromatic N) is 4. The lowest BCUT2D eigenvalue weighted by Gasteiger charge is -2.08. The minimum absolute atomic E-state index is 0.0464. The molecule has 28 heavy (non-hydrogen) atoms. The second kappa shape index (κ2) is 8.85. The molecule has 0 bridgehead atoms. The zero-order valence-electron chi connectivity index (χ0n) is 14.8. The summed E-state index contributed by atoms with van der Waals surface area (Å²) in [6, 6.07) is 13.3. The van der Waals surface area contributed by atoms with E-state index in [1.54, 1.807) is 24.3 Å². The van der Waals surface area contributed by atoms with Crippen molar-refractivity contribution in [2.45, 2.75) is 18.6 Å². The van der Waals surface area contributed by atoms with Gasteiger partial charge >= 0.3 is 0 Å². The molecule has 0 aliphatic rings. The van der Waals surface area contributed by atoms with Gasteiger partial charge in [-0.2, -0.15) is 0 Å². The van der Waals surface area contributed by atoms with Crippen molar-refractivity contribution in [2.24, 2.45) is 0 Å². The third-order valence-electron chi connectivity index (χ3n) is 3.84. The maximum absolute atomic E-state index is 12.2. The molecule has 0 aliphatic carbocycles. The quantitative estimate of drug-likeness (QED) is 0.350. The van der Waals surface area contributed by atoms with Crippen LogP contribution >= 0.6 is 23.4 Å². The number of hydrogen-bond acceptors (Lipinski definition) is 6. The molecule has 8 nitrogen and oxygen atoms in total. The maximum atomic E-state index is 12.2. The highest BCUT2D eigenvalue weighted by Gasteiger charge is 2.17. The minimum Gasteiger partial charge on any atom is -0.320 e. The van der Waals surface area contributed by atoms with Crippen LogP contribution in [0.5, 0.6) is 0 Å². The molecule has 0 saturated heterocycles. The fourth-order valence-corrected chi connectivity index (χ4v) is 3.48. The molecule has 0 spiro atoms. The minimum atomic E-state index is -0.533. The first kappa shape index (κ1) is 19.8. The van der Waals surface area contributed by atoms with Crippen molar-refractivity contribution < 1.29 is 9.72 Å². The molecular formula is C18H16ClN5O3S. The van der Waals surface area contributed by atoms with E-state index in [9.17, 15) is 14.9 Å². The zero-order chi connectivity index (χ0) is 20.1. The number of hydrogen-bond donors (Lipinski definition) is 1. The smallest absolute Gasteiger partial charge is 0.292 e. The fourth-order valence-electron chi connectivity index (χ4n) is 2.55. The van der Waals surface area contributed by atoms with Crippen LogP contribution in [0.2, 0.25) is 5.02 Å². The number of nitro benzene ring substituents is 1. The summed E-state index contributed by atoms with van der Waals surface area (Å²) in [6.45, 7) is 2.58. The van der Waals surface area contributed by atoms with Gasteiger partial charge < -0.3 is 9.88 Å². The average molecular weight is 418 g/mol. The third-order valence-corrected chi connectivity index (χ3v) is 5.06.